The second-order valence-corrected chi connectivity index (χ2v) is 5.94. The molecule has 0 radical (unpaired) electrons. The number of amides is 1. The van der Waals surface area contributed by atoms with Crippen LogP contribution in [-0.4, -0.2) is 41.5 Å². The Balaban J connectivity index is 1.86. The number of aromatic nitrogens is 1. The minimum Gasteiger partial charge on any atom is -0.445 e. The molecule has 1 aromatic rings. The molecule has 0 spiro atoms. The van der Waals surface area contributed by atoms with Crippen molar-refractivity contribution in [3.8, 4) is 0 Å². The second kappa shape index (κ2) is 6.39. The van der Waals surface area contributed by atoms with Gasteiger partial charge < -0.3 is 14.6 Å². The maximum absolute atomic E-state index is 12.1. The highest BCUT2D eigenvalue weighted by molar-refractivity contribution is 5.93. The van der Waals surface area contributed by atoms with Crippen molar-refractivity contribution in [3.05, 3.63) is 17.3 Å². The maximum Gasteiger partial charge on any atom is 0.273 e. The van der Waals surface area contributed by atoms with Gasteiger partial charge >= 0.3 is 0 Å². The highest BCUT2D eigenvalue weighted by Gasteiger charge is 2.23. The van der Waals surface area contributed by atoms with Crippen LogP contribution in [0.15, 0.2) is 4.42 Å². The molecule has 0 aliphatic carbocycles. The van der Waals surface area contributed by atoms with Gasteiger partial charge in [-0.2, -0.15) is 0 Å². The van der Waals surface area contributed by atoms with E-state index in [9.17, 15) is 4.79 Å². The van der Waals surface area contributed by atoms with Gasteiger partial charge in [0.15, 0.2) is 11.6 Å². The van der Waals surface area contributed by atoms with Crippen molar-refractivity contribution in [2.75, 3.05) is 19.6 Å². The molecule has 20 heavy (non-hydrogen) atoms. The molecule has 5 nitrogen and oxygen atoms in total. The summed E-state index contributed by atoms with van der Waals surface area (Å²) in [4.78, 5) is 18.7. The number of nitrogens with zero attached hydrogens (tertiary/aromatic N) is 2. The minimum atomic E-state index is -0.124. The smallest absolute Gasteiger partial charge is 0.273 e. The van der Waals surface area contributed by atoms with Crippen LogP contribution in [0, 0.1) is 19.8 Å². The molecule has 1 aliphatic heterocycles. The molecular weight excluding hydrogens is 254 g/mol. The number of piperidine rings is 1. The van der Waals surface area contributed by atoms with Crippen LogP contribution in [-0.2, 0) is 0 Å². The number of hydrogen-bond donors (Lipinski definition) is 1. The van der Waals surface area contributed by atoms with E-state index in [-0.39, 0.29) is 5.91 Å². The summed E-state index contributed by atoms with van der Waals surface area (Å²) in [5, 5.41) is 2.99. The number of oxazole rings is 1. The summed E-state index contributed by atoms with van der Waals surface area (Å²) < 4.78 is 5.30. The van der Waals surface area contributed by atoms with Gasteiger partial charge in [0, 0.05) is 26.1 Å². The topological polar surface area (TPSA) is 58.4 Å². The second-order valence-electron chi connectivity index (χ2n) is 5.94. The van der Waals surface area contributed by atoms with Gasteiger partial charge in [0.1, 0.15) is 5.76 Å². The Morgan fingerprint density at radius 1 is 1.50 bits per heavy atom. The van der Waals surface area contributed by atoms with Crippen LogP contribution in [0.1, 0.15) is 48.8 Å². The molecule has 1 N–H and O–H groups in total. The Morgan fingerprint density at radius 2 is 2.25 bits per heavy atom. The molecule has 0 saturated carbocycles. The van der Waals surface area contributed by atoms with E-state index in [4.69, 9.17) is 4.42 Å². The van der Waals surface area contributed by atoms with Gasteiger partial charge in [0.2, 0.25) is 0 Å². The van der Waals surface area contributed by atoms with E-state index in [1.165, 1.54) is 19.4 Å². The molecule has 1 aromatic heterocycles. The first-order chi connectivity index (χ1) is 9.47. The van der Waals surface area contributed by atoms with E-state index in [2.05, 4.69) is 29.0 Å². The highest BCUT2D eigenvalue weighted by Crippen LogP contribution is 2.18. The number of likely N-dealkylation sites (tertiary alicyclic amines) is 1. The van der Waals surface area contributed by atoms with E-state index < -0.39 is 0 Å². The molecule has 112 valence electrons. The van der Waals surface area contributed by atoms with Gasteiger partial charge in [-0.1, -0.05) is 0 Å². The summed E-state index contributed by atoms with van der Waals surface area (Å²) in [6.45, 7) is 10.9. The minimum absolute atomic E-state index is 0.124. The van der Waals surface area contributed by atoms with Gasteiger partial charge in [-0.15, -0.1) is 0 Å². The zero-order valence-electron chi connectivity index (χ0n) is 12.9. The van der Waals surface area contributed by atoms with E-state index in [0.717, 1.165) is 6.54 Å². The molecule has 2 rings (SSSR count). The number of aryl methyl sites for hydroxylation is 2. The fourth-order valence-electron chi connectivity index (χ4n) is 2.79. The number of nitrogens with one attached hydrogen (secondary N) is 1. The van der Waals surface area contributed by atoms with Crippen LogP contribution in [0.2, 0.25) is 0 Å². The fourth-order valence-corrected chi connectivity index (χ4v) is 2.79. The summed E-state index contributed by atoms with van der Waals surface area (Å²) in [6.07, 6.45) is 2.39. The van der Waals surface area contributed by atoms with Gasteiger partial charge in [-0.05, 0) is 46.1 Å². The third-order valence-electron chi connectivity index (χ3n) is 3.95. The highest BCUT2D eigenvalue weighted by atomic mass is 16.4. The molecule has 1 aliphatic rings. The molecule has 5 heteroatoms. The zero-order chi connectivity index (χ0) is 14.7. The van der Waals surface area contributed by atoms with Crippen LogP contribution >= 0.6 is 0 Å². The molecule has 1 unspecified atom stereocenters. The van der Waals surface area contributed by atoms with Crippen molar-refractivity contribution in [3.63, 3.8) is 0 Å². The predicted molar refractivity (Wildman–Crippen MR) is 77.7 cm³/mol. The van der Waals surface area contributed by atoms with Crippen molar-refractivity contribution in [2.24, 2.45) is 5.92 Å². The van der Waals surface area contributed by atoms with E-state index in [1.54, 1.807) is 13.8 Å². The van der Waals surface area contributed by atoms with Crippen molar-refractivity contribution >= 4 is 5.91 Å². The standard InChI is InChI=1S/C15H25N3O2/c1-10(2)18-7-5-6-13(9-18)8-16-15(19)14-11(3)20-12(4)17-14/h10,13H,5-9H2,1-4H3,(H,16,19). The Hall–Kier alpha value is -1.36. The van der Waals surface area contributed by atoms with E-state index in [0.29, 0.717) is 35.8 Å². The molecule has 1 atom stereocenters. The SMILES string of the molecule is Cc1nc(C(=O)NCC2CCCN(C(C)C)C2)c(C)o1. The summed E-state index contributed by atoms with van der Waals surface area (Å²) in [6, 6.07) is 0.578. The normalized spacial score (nSPS) is 20.4. The first-order valence-electron chi connectivity index (χ1n) is 7.43. The first kappa shape index (κ1) is 15.0. The van der Waals surface area contributed by atoms with Crippen molar-refractivity contribution in [2.45, 2.75) is 46.6 Å². The maximum atomic E-state index is 12.1. The van der Waals surface area contributed by atoms with Crippen LogP contribution < -0.4 is 5.32 Å². The van der Waals surface area contributed by atoms with Crippen LogP contribution in [0.25, 0.3) is 0 Å². The lowest BCUT2D eigenvalue weighted by atomic mass is 9.97. The predicted octanol–water partition coefficient (Wildman–Crippen LogP) is 2.14. The van der Waals surface area contributed by atoms with Crippen LogP contribution in [0.5, 0.6) is 0 Å². The average molecular weight is 279 g/mol. The summed E-state index contributed by atoms with van der Waals surface area (Å²) >= 11 is 0. The average Bonchev–Trinajstić information content (AvgIpc) is 2.75. The lowest BCUT2D eigenvalue weighted by molar-refractivity contribution is 0.0917. The molecule has 0 bridgehead atoms. The van der Waals surface area contributed by atoms with Gasteiger partial charge in [0.05, 0.1) is 0 Å². The molecule has 1 fully saturated rings. The Labute approximate surface area is 120 Å². The van der Waals surface area contributed by atoms with Crippen molar-refractivity contribution in [1.29, 1.82) is 0 Å². The van der Waals surface area contributed by atoms with Gasteiger partial charge in [-0.25, -0.2) is 4.98 Å². The quantitative estimate of drug-likeness (QED) is 0.917. The van der Waals surface area contributed by atoms with Crippen LogP contribution in [0.4, 0.5) is 0 Å². The number of carbonyl (C=O) groups is 1. The Morgan fingerprint density at radius 3 is 2.85 bits per heavy atom. The zero-order valence-corrected chi connectivity index (χ0v) is 12.9. The van der Waals surface area contributed by atoms with Gasteiger partial charge in [0.25, 0.3) is 5.91 Å². The lowest BCUT2D eigenvalue weighted by Crippen LogP contribution is -2.43. The third-order valence-corrected chi connectivity index (χ3v) is 3.95. The van der Waals surface area contributed by atoms with Crippen LogP contribution in [0.3, 0.4) is 0 Å². The number of rotatable bonds is 4. The summed E-state index contributed by atoms with van der Waals surface area (Å²) in [5.74, 6) is 1.54. The lowest BCUT2D eigenvalue weighted by Gasteiger charge is -2.35. The third kappa shape index (κ3) is 3.60. The molecule has 2 heterocycles. The van der Waals surface area contributed by atoms with Gasteiger partial charge in [-0.3, -0.25) is 4.79 Å². The largest absolute Gasteiger partial charge is 0.445 e. The molecule has 1 saturated heterocycles. The molecule has 1 amide bonds. The number of hydrogen-bond acceptors (Lipinski definition) is 4. The van der Waals surface area contributed by atoms with Crippen molar-refractivity contribution in [1.82, 2.24) is 15.2 Å². The molecular formula is C15H25N3O2. The Kier molecular flexibility index (Phi) is 4.81. The summed E-state index contributed by atoms with van der Waals surface area (Å²) in [5.41, 5.74) is 0.416. The van der Waals surface area contributed by atoms with Crippen molar-refractivity contribution < 1.29 is 9.21 Å². The molecule has 0 aromatic carbocycles. The van der Waals surface area contributed by atoms with E-state index >= 15 is 0 Å². The monoisotopic (exact) mass is 279 g/mol. The summed E-state index contributed by atoms with van der Waals surface area (Å²) in [7, 11) is 0. The van der Waals surface area contributed by atoms with E-state index in [1.807, 2.05) is 0 Å². The Bertz CT molecular complexity index is 468. The fraction of sp³-hybridized carbons (Fsp3) is 0.733. The first-order valence-corrected chi connectivity index (χ1v) is 7.43. The number of carbonyl (C=O) groups excluding carboxylic acids is 1.